The Morgan fingerprint density at radius 2 is 1.75 bits per heavy atom. The molecule has 0 unspecified atom stereocenters. The third kappa shape index (κ3) is 3.83. The molecule has 0 aliphatic rings. The smallest absolute Gasteiger partial charge is 0.122 e. The van der Waals surface area contributed by atoms with Crippen LogP contribution in [-0.4, -0.2) is 20.2 Å². The third-order valence-electron chi connectivity index (χ3n) is 2.66. The lowest BCUT2D eigenvalue weighted by Crippen LogP contribution is -2.03. The van der Waals surface area contributed by atoms with Gasteiger partial charge in [-0.3, -0.25) is 0 Å². The summed E-state index contributed by atoms with van der Waals surface area (Å²) >= 11 is 0. The molecule has 0 radical (unpaired) electrons. The molecule has 0 spiro atoms. The van der Waals surface area contributed by atoms with Crippen LogP contribution in [0.15, 0.2) is 18.2 Å². The molecule has 90 valence electrons. The molecule has 3 heteroatoms. The van der Waals surface area contributed by atoms with Crippen molar-refractivity contribution >= 4 is 0 Å². The van der Waals surface area contributed by atoms with Crippen molar-refractivity contribution in [3.05, 3.63) is 29.3 Å². The van der Waals surface area contributed by atoms with Gasteiger partial charge in [-0.25, -0.2) is 0 Å². The highest BCUT2D eigenvalue weighted by Gasteiger charge is 2.04. The van der Waals surface area contributed by atoms with Crippen LogP contribution in [0.4, 0.5) is 0 Å². The fraction of sp³-hybridized carbons (Fsp3) is 0.538. The summed E-state index contributed by atoms with van der Waals surface area (Å²) in [6.07, 6.45) is 4.05. The monoisotopic (exact) mass is 222 g/mol. The Hall–Kier alpha value is -1.06. The Morgan fingerprint density at radius 3 is 2.38 bits per heavy atom. The summed E-state index contributed by atoms with van der Waals surface area (Å²) < 4.78 is 5.34. The minimum Gasteiger partial charge on any atom is -0.496 e. The number of hydrogen-bond acceptors (Lipinski definition) is 3. The standard InChI is InChI=1S/C13H22N2O/c1-16-13-7-6-11(4-2-8-14)10-12(13)5-3-9-15/h6-7,10H,2-5,8-9,14-15H2,1H3. The van der Waals surface area contributed by atoms with E-state index in [1.807, 2.05) is 6.07 Å². The van der Waals surface area contributed by atoms with E-state index in [1.54, 1.807) is 7.11 Å². The third-order valence-corrected chi connectivity index (χ3v) is 2.66. The van der Waals surface area contributed by atoms with E-state index >= 15 is 0 Å². The summed E-state index contributed by atoms with van der Waals surface area (Å²) in [5.41, 5.74) is 13.6. The maximum atomic E-state index is 5.53. The van der Waals surface area contributed by atoms with Gasteiger partial charge in [-0.05, 0) is 56.0 Å². The topological polar surface area (TPSA) is 61.3 Å². The van der Waals surface area contributed by atoms with E-state index in [0.29, 0.717) is 0 Å². The average Bonchev–Trinajstić information content (AvgIpc) is 2.33. The van der Waals surface area contributed by atoms with E-state index in [4.69, 9.17) is 16.2 Å². The van der Waals surface area contributed by atoms with Crippen molar-refractivity contribution in [2.45, 2.75) is 25.7 Å². The molecule has 0 aliphatic heterocycles. The van der Waals surface area contributed by atoms with Gasteiger partial charge in [0.15, 0.2) is 0 Å². The normalized spacial score (nSPS) is 10.4. The molecule has 0 saturated heterocycles. The number of ether oxygens (including phenoxy) is 1. The fourth-order valence-corrected chi connectivity index (χ4v) is 1.78. The zero-order chi connectivity index (χ0) is 11.8. The van der Waals surface area contributed by atoms with Crippen LogP contribution in [-0.2, 0) is 12.8 Å². The van der Waals surface area contributed by atoms with E-state index in [2.05, 4.69) is 12.1 Å². The molecular formula is C13H22N2O. The minimum absolute atomic E-state index is 0.718. The molecular weight excluding hydrogens is 200 g/mol. The number of rotatable bonds is 7. The lowest BCUT2D eigenvalue weighted by atomic mass is 10.0. The van der Waals surface area contributed by atoms with Crippen LogP contribution in [0.25, 0.3) is 0 Å². The Bertz CT molecular complexity index is 313. The zero-order valence-electron chi connectivity index (χ0n) is 10.0. The van der Waals surface area contributed by atoms with Crippen molar-refractivity contribution in [1.82, 2.24) is 0 Å². The van der Waals surface area contributed by atoms with Crippen LogP contribution in [0.1, 0.15) is 24.0 Å². The van der Waals surface area contributed by atoms with Crippen molar-refractivity contribution in [2.24, 2.45) is 11.5 Å². The first-order chi connectivity index (χ1) is 7.81. The first kappa shape index (κ1) is 13.0. The number of methoxy groups -OCH3 is 1. The first-order valence-corrected chi connectivity index (χ1v) is 5.87. The van der Waals surface area contributed by atoms with E-state index in [0.717, 1.165) is 44.5 Å². The Balaban J connectivity index is 2.74. The van der Waals surface area contributed by atoms with Gasteiger partial charge in [0.2, 0.25) is 0 Å². The Morgan fingerprint density at radius 1 is 1.06 bits per heavy atom. The molecule has 16 heavy (non-hydrogen) atoms. The summed E-state index contributed by atoms with van der Waals surface area (Å²) in [6.45, 7) is 1.46. The average molecular weight is 222 g/mol. The lowest BCUT2D eigenvalue weighted by molar-refractivity contribution is 0.409. The number of nitrogens with two attached hydrogens (primary N) is 2. The Kier molecular flexibility index (Phi) is 5.90. The molecule has 0 atom stereocenters. The minimum atomic E-state index is 0.718. The molecule has 0 amide bonds. The fourth-order valence-electron chi connectivity index (χ4n) is 1.78. The SMILES string of the molecule is COc1ccc(CCCN)cc1CCCN. The number of benzene rings is 1. The highest BCUT2D eigenvalue weighted by Crippen LogP contribution is 2.21. The molecule has 0 aliphatic carbocycles. The highest BCUT2D eigenvalue weighted by molar-refractivity contribution is 5.37. The second-order valence-corrected chi connectivity index (χ2v) is 3.93. The van der Waals surface area contributed by atoms with Crippen LogP contribution in [0.3, 0.4) is 0 Å². The van der Waals surface area contributed by atoms with Crippen LogP contribution in [0.5, 0.6) is 5.75 Å². The summed E-state index contributed by atoms with van der Waals surface area (Å²) in [6, 6.07) is 6.36. The highest BCUT2D eigenvalue weighted by atomic mass is 16.5. The zero-order valence-corrected chi connectivity index (χ0v) is 10.0. The van der Waals surface area contributed by atoms with E-state index in [-0.39, 0.29) is 0 Å². The lowest BCUT2D eigenvalue weighted by Gasteiger charge is -2.10. The van der Waals surface area contributed by atoms with Crippen molar-refractivity contribution in [3.8, 4) is 5.75 Å². The molecule has 0 bridgehead atoms. The van der Waals surface area contributed by atoms with E-state index < -0.39 is 0 Å². The summed E-state index contributed by atoms with van der Waals surface area (Å²) in [5.74, 6) is 0.963. The van der Waals surface area contributed by atoms with Gasteiger partial charge in [-0.1, -0.05) is 12.1 Å². The van der Waals surface area contributed by atoms with Gasteiger partial charge in [-0.15, -0.1) is 0 Å². The van der Waals surface area contributed by atoms with Crippen LogP contribution < -0.4 is 16.2 Å². The van der Waals surface area contributed by atoms with Crippen LogP contribution in [0, 0.1) is 0 Å². The number of aryl methyl sites for hydroxylation is 2. The maximum absolute atomic E-state index is 5.53. The number of hydrogen-bond donors (Lipinski definition) is 2. The molecule has 0 aromatic heterocycles. The van der Waals surface area contributed by atoms with E-state index in [9.17, 15) is 0 Å². The molecule has 0 fully saturated rings. The van der Waals surface area contributed by atoms with Gasteiger partial charge >= 0.3 is 0 Å². The van der Waals surface area contributed by atoms with Crippen molar-refractivity contribution in [1.29, 1.82) is 0 Å². The van der Waals surface area contributed by atoms with Gasteiger partial charge in [-0.2, -0.15) is 0 Å². The molecule has 1 aromatic rings. The van der Waals surface area contributed by atoms with Gasteiger partial charge < -0.3 is 16.2 Å². The molecule has 0 saturated carbocycles. The van der Waals surface area contributed by atoms with Crippen molar-refractivity contribution < 1.29 is 4.74 Å². The van der Waals surface area contributed by atoms with Crippen LogP contribution in [0.2, 0.25) is 0 Å². The summed E-state index contributed by atoms with van der Waals surface area (Å²) in [4.78, 5) is 0. The molecule has 1 rings (SSSR count). The second kappa shape index (κ2) is 7.25. The predicted molar refractivity (Wildman–Crippen MR) is 67.7 cm³/mol. The van der Waals surface area contributed by atoms with Crippen molar-refractivity contribution in [3.63, 3.8) is 0 Å². The molecule has 0 heterocycles. The second-order valence-electron chi connectivity index (χ2n) is 3.93. The first-order valence-electron chi connectivity index (χ1n) is 5.87. The summed E-state index contributed by atoms with van der Waals surface area (Å²) in [7, 11) is 1.71. The quantitative estimate of drug-likeness (QED) is 0.734. The molecule has 3 nitrogen and oxygen atoms in total. The Labute approximate surface area is 97.8 Å². The predicted octanol–water partition coefficient (Wildman–Crippen LogP) is 1.48. The van der Waals surface area contributed by atoms with E-state index in [1.165, 1.54) is 11.1 Å². The maximum Gasteiger partial charge on any atom is 0.122 e. The van der Waals surface area contributed by atoms with Gasteiger partial charge in [0.25, 0.3) is 0 Å². The van der Waals surface area contributed by atoms with Gasteiger partial charge in [0.05, 0.1) is 7.11 Å². The van der Waals surface area contributed by atoms with Gasteiger partial charge in [0, 0.05) is 0 Å². The molecule has 1 aromatic carbocycles. The van der Waals surface area contributed by atoms with Crippen LogP contribution >= 0.6 is 0 Å². The summed E-state index contributed by atoms with van der Waals surface area (Å²) in [5, 5.41) is 0. The van der Waals surface area contributed by atoms with Crippen molar-refractivity contribution in [2.75, 3.05) is 20.2 Å². The largest absolute Gasteiger partial charge is 0.496 e. The molecule has 4 N–H and O–H groups in total. The van der Waals surface area contributed by atoms with Gasteiger partial charge in [0.1, 0.15) is 5.75 Å².